The molecule has 3 aromatic carbocycles. The van der Waals surface area contributed by atoms with Crippen LogP contribution in [0.25, 0.3) is 0 Å². The van der Waals surface area contributed by atoms with E-state index in [2.05, 4.69) is 5.32 Å². The lowest BCUT2D eigenvalue weighted by molar-refractivity contribution is -0.139. The Bertz CT molecular complexity index is 1390. The van der Waals surface area contributed by atoms with Crippen molar-refractivity contribution in [3.63, 3.8) is 0 Å². The zero-order valence-electron chi connectivity index (χ0n) is 23.0. The highest BCUT2D eigenvalue weighted by Gasteiger charge is 2.32. The lowest BCUT2D eigenvalue weighted by atomic mass is 10.1. The maximum atomic E-state index is 13.9. The fourth-order valence-corrected chi connectivity index (χ4v) is 5.56. The number of hydrogen-bond acceptors (Lipinski definition) is 4. The maximum Gasteiger partial charge on any atom is 0.264 e. The molecule has 0 saturated heterocycles. The number of halogens is 1. The van der Waals surface area contributed by atoms with Crippen molar-refractivity contribution in [2.75, 3.05) is 17.4 Å². The maximum absolute atomic E-state index is 13.9. The molecule has 3 rings (SSSR count). The van der Waals surface area contributed by atoms with Gasteiger partial charge in [-0.1, -0.05) is 73.0 Å². The van der Waals surface area contributed by atoms with Crippen molar-refractivity contribution in [3.05, 3.63) is 94.5 Å². The number of aryl methyl sites for hydroxylation is 2. The predicted molar refractivity (Wildman–Crippen MR) is 156 cm³/mol. The number of anilines is 1. The molecule has 2 amide bonds. The number of carbonyl (C=O) groups excluding carboxylic acids is 2. The number of sulfonamides is 1. The van der Waals surface area contributed by atoms with E-state index in [4.69, 9.17) is 11.6 Å². The van der Waals surface area contributed by atoms with E-state index >= 15 is 0 Å². The molecule has 39 heavy (non-hydrogen) atoms. The summed E-state index contributed by atoms with van der Waals surface area (Å²) >= 11 is 6.06. The SMILES string of the molecule is Cc1ccc(S(=O)(=O)N(CC(=O)N(Cc2cccc(C)c2)C(C)C(=O)NCC(C)C)c2ccc(Cl)cc2)cc1. The van der Waals surface area contributed by atoms with Gasteiger partial charge in [-0.3, -0.25) is 13.9 Å². The number of hydrogen-bond donors (Lipinski definition) is 1. The molecule has 7 nitrogen and oxygen atoms in total. The average Bonchev–Trinajstić information content (AvgIpc) is 2.89. The van der Waals surface area contributed by atoms with Crippen LogP contribution < -0.4 is 9.62 Å². The van der Waals surface area contributed by atoms with Crippen LogP contribution in [0.15, 0.2) is 77.7 Å². The monoisotopic (exact) mass is 569 g/mol. The third kappa shape index (κ3) is 8.07. The van der Waals surface area contributed by atoms with Crippen LogP contribution in [-0.2, 0) is 26.2 Å². The number of nitrogens with zero attached hydrogens (tertiary/aromatic N) is 2. The van der Waals surface area contributed by atoms with Crippen LogP contribution in [0.4, 0.5) is 5.69 Å². The zero-order chi connectivity index (χ0) is 28.7. The number of nitrogens with one attached hydrogen (secondary N) is 1. The summed E-state index contributed by atoms with van der Waals surface area (Å²) in [6.07, 6.45) is 0. The van der Waals surface area contributed by atoms with Crippen LogP contribution >= 0.6 is 11.6 Å². The van der Waals surface area contributed by atoms with Crippen LogP contribution in [0.5, 0.6) is 0 Å². The molecule has 0 heterocycles. The van der Waals surface area contributed by atoms with Crippen molar-refractivity contribution in [3.8, 4) is 0 Å². The standard InChI is InChI=1S/C30H36ClN3O4S/c1-21(2)18-32-30(36)24(5)33(19-25-8-6-7-23(4)17-25)29(35)20-34(27-13-11-26(31)12-14-27)39(37,38)28-15-9-22(3)10-16-28/h6-17,21,24H,18-20H2,1-5H3,(H,32,36). The van der Waals surface area contributed by atoms with Crippen LogP contribution in [-0.4, -0.2) is 44.3 Å². The summed E-state index contributed by atoms with van der Waals surface area (Å²) in [5, 5.41) is 3.33. The van der Waals surface area contributed by atoms with Crippen molar-refractivity contribution >= 4 is 39.1 Å². The van der Waals surface area contributed by atoms with Gasteiger partial charge in [0.15, 0.2) is 0 Å². The molecular formula is C30H36ClN3O4S. The first-order valence-corrected chi connectivity index (χ1v) is 14.7. The number of carbonyl (C=O) groups is 2. The Morgan fingerprint density at radius 3 is 2.13 bits per heavy atom. The topological polar surface area (TPSA) is 86.8 Å². The first kappa shape index (κ1) is 30.2. The van der Waals surface area contributed by atoms with E-state index in [-0.39, 0.29) is 23.3 Å². The fourth-order valence-electron chi connectivity index (χ4n) is 4.02. The second-order valence-corrected chi connectivity index (χ2v) is 12.4. The van der Waals surface area contributed by atoms with E-state index in [1.807, 2.05) is 52.0 Å². The van der Waals surface area contributed by atoms with Gasteiger partial charge in [-0.25, -0.2) is 8.42 Å². The number of rotatable bonds is 11. The molecule has 208 valence electrons. The molecule has 0 saturated carbocycles. The fraction of sp³-hybridized carbons (Fsp3) is 0.333. The van der Waals surface area contributed by atoms with Gasteiger partial charge in [0, 0.05) is 18.1 Å². The average molecular weight is 570 g/mol. The Morgan fingerprint density at radius 1 is 0.897 bits per heavy atom. The second kappa shape index (κ2) is 13.1. The summed E-state index contributed by atoms with van der Waals surface area (Å²) in [5.74, 6) is -0.569. The highest BCUT2D eigenvalue weighted by atomic mass is 35.5. The molecule has 1 N–H and O–H groups in total. The van der Waals surface area contributed by atoms with E-state index in [0.29, 0.717) is 17.3 Å². The molecule has 0 aliphatic heterocycles. The van der Waals surface area contributed by atoms with Crippen molar-refractivity contribution in [2.24, 2.45) is 5.92 Å². The largest absolute Gasteiger partial charge is 0.354 e. The Hall–Kier alpha value is -3.36. The van der Waals surface area contributed by atoms with Crippen LogP contribution in [0, 0.1) is 19.8 Å². The van der Waals surface area contributed by atoms with Gasteiger partial charge in [0.1, 0.15) is 12.6 Å². The van der Waals surface area contributed by atoms with Crippen LogP contribution in [0.2, 0.25) is 5.02 Å². The van der Waals surface area contributed by atoms with Crippen LogP contribution in [0.3, 0.4) is 0 Å². The van der Waals surface area contributed by atoms with E-state index in [0.717, 1.165) is 21.0 Å². The highest BCUT2D eigenvalue weighted by Crippen LogP contribution is 2.26. The normalized spacial score (nSPS) is 12.2. The Balaban J connectivity index is 2.01. The van der Waals surface area contributed by atoms with Crippen molar-refractivity contribution in [1.82, 2.24) is 10.2 Å². The van der Waals surface area contributed by atoms with E-state index in [1.165, 1.54) is 17.0 Å². The first-order chi connectivity index (χ1) is 18.4. The van der Waals surface area contributed by atoms with Gasteiger partial charge in [-0.05, 0) is 68.7 Å². The van der Waals surface area contributed by atoms with Crippen LogP contribution in [0.1, 0.15) is 37.5 Å². The summed E-state index contributed by atoms with van der Waals surface area (Å²) in [7, 11) is -4.12. The molecule has 9 heteroatoms. The summed E-state index contributed by atoms with van der Waals surface area (Å²) in [4.78, 5) is 28.4. The van der Waals surface area contributed by atoms with E-state index in [9.17, 15) is 18.0 Å². The highest BCUT2D eigenvalue weighted by molar-refractivity contribution is 7.92. The Labute approximate surface area is 236 Å². The van der Waals surface area contributed by atoms with Gasteiger partial charge >= 0.3 is 0 Å². The lowest BCUT2D eigenvalue weighted by Crippen LogP contribution is -2.51. The molecule has 0 spiro atoms. The lowest BCUT2D eigenvalue weighted by Gasteiger charge is -2.32. The predicted octanol–water partition coefficient (Wildman–Crippen LogP) is 5.34. The van der Waals surface area contributed by atoms with Crippen molar-refractivity contribution in [1.29, 1.82) is 0 Å². The summed E-state index contributed by atoms with van der Waals surface area (Å²) in [6.45, 7) is 9.57. The molecule has 0 aromatic heterocycles. The molecule has 3 aromatic rings. The summed E-state index contributed by atoms with van der Waals surface area (Å²) < 4.78 is 28.7. The zero-order valence-corrected chi connectivity index (χ0v) is 24.6. The summed E-state index contributed by atoms with van der Waals surface area (Å²) in [6, 6.07) is 19.6. The third-order valence-corrected chi connectivity index (χ3v) is 8.33. The number of amides is 2. The van der Waals surface area contributed by atoms with Gasteiger partial charge in [0.05, 0.1) is 10.6 Å². The quantitative estimate of drug-likeness (QED) is 0.338. The van der Waals surface area contributed by atoms with Gasteiger partial charge in [-0.15, -0.1) is 0 Å². The molecule has 0 aliphatic rings. The minimum absolute atomic E-state index is 0.0591. The Morgan fingerprint density at radius 2 is 1.54 bits per heavy atom. The molecule has 0 radical (unpaired) electrons. The van der Waals surface area contributed by atoms with Gasteiger partial charge in [-0.2, -0.15) is 0 Å². The third-order valence-electron chi connectivity index (χ3n) is 6.29. The Kier molecular flexibility index (Phi) is 10.2. The minimum atomic E-state index is -4.12. The summed E-state index contributed by atoms with van der Waals surface area (Å²) in [5.41, 5.74) is 3.06. The molecule has 0 fully saturated rings. The van der Waals surface area contributed by atoms with E-state index < -0.39 is 28.5 Å². The van der Waals surface area contributed by atoms with Crippen molar-refractivity contribution in [2.45, 2.75) is 52.1 Å². The van der Waals surface area contributed by atoms with Gasteiger partial charge in [0.2, 0.25) is 11.8 Å². The molecule has 0 aliphatic carbocycles. The minimum Gasteiger partial charge on any atom is -0.354 e. The second-order valence-electron chi connectivity index (χ2n) is 10.1. The number of benzene rings is 3. The van der Waals surface area contributed by atoms with Crippen molar-refractivity contribution < 1.29 is 18.0 Å². The first-order valence-electron chi connectivity index (χ1n) is 12.9. The molecule has 0 bridgehead atoms. The smallest absolute Gasteiger partial charge is 0.264 e. The molecular weight excluding hydrogens is 534 g/mol. The van der Waals surface area contributed by atoms with Gasteiger partial charge < -0.3 is 10.2 Å². The van der Waals surface area contributed by atoms with E-state index in [1.54, 1.807) is 43.3 Å². The molecule has 1 unspecified atom stereocenters. The molecule has 1 atom stereocenters. The van der Waals surface area contributed by atoms with Gasteiger partial charge in [0.25, 0.3) is 10.0 Å².